The molecule has 4 aliphatic rings. The van der Waals surface area contributed by atoms with Crippen molar-refractivity contribution < 1.29 is 24.2 Å². The van der Waals surface area contributed by atoms with E-state index in [-0.39, 0.29) is 24.5 Å². The average molecular weight is 427 g/mol. The first-order valence-electron chi connectivity index (χ1n) is 11.2. The van der Waals surface area contributed by atoms with Gasteiger partial charge in [-0.1, -0.05) is 17.2 Å². The van der Waals surface area contributed by atoms with Gasteiger partial charge in [0, 0.05) is 32.7 Å². The van der Waals surface area contributed by atoms with Gasteiger partial charge in [-0.25, -0.2) is 0 Å². The first kappa shape index (κ1) is 20.4. The fraction of sp³-hybridized carbons (Fsp3) is 0.583. The number of hydrogen-bond acceptors (Lipinski definition) is 5. The third-order valence-electron chi connectivity index (χ3n) is 7.52. The highest BCUT2D eigenvalue weighted by atomic mass is 16.7. The highest BCUT2D eigenvalue weighted by Gasteiger charge is 2.58. The maximum Gasteiger partial charge on any atom is 0.307 e. The van der Waals surface area contributed by atoms with Crippen LogP contribution in [0.3, 0.4) is 0 Å². The highest BCUT2D eigenvalue weighted by Crippen LogP contribution is 2.57. The van der Waals surface area contributed by atoms with Crippen LogP contribution >= 0.6 is 0 Å². The number of benzene rings is 1. The van der Waals surface area contributed by atoms with Gasteiger partial charge < -0.3 is 19.5 Å². The van der Waals surface area contributed by atoms with Crippen molar-refractivity contribution in [3.8, 4) is 11.5 Å². The van der Waals surface area contributed by atoms with Crippen LogP contribution < -0.4 is 9.47 Å². The molecule has 2 bridgehead atoms. The first-order valence-corrected chi connectivity index (χ1v) is 11.2. The summed E-state index contributed by atoms with van der Waals surface area (Å²) in [7, 11) is 0. The molecule has 5 rings (SSSR count). The van der Waals surface area contributed by atoms with E-state index in [1.165, 1.54) is 11.1 Å². The summed E-state index contributed by atoms with van der Waals surface area (Å²) in [5.74, 6) is -0.0219. The molecule has 1 aromatic carbocycles. The number of fused-ring (bicyclic) bond motifs is 3. The monoisotopic (exact) mass is 426 g/mol. The lowest BCUT2D eigenvalue weighted by Crippen LogP contribution is -2.52. The number of allylic oxidation sites excluding steroid dienone is 2. The van der Waals surface area contributed by atoms with E-state index in [2.05, 4.69) is 24.8 Å². The molecular weight excluding hydrogens is 396 g/mol. The van der Waals surface area contributed by atoms with Crippen molar-refractivity contribution in [2.75, 3.05) is 33.0 Å². The van der Waals surface area contributed by atoms with Gasteiger partial charge in [-0.2, -0.15) is 0 Å². The molecule has 1 amide bonds. The molecule has 166 valence electrons. The summed E-state index contributed by atoms with van der Waals surface area (Å²) in [5.41, 5.74) is 3.60. The van der Waals surface area contributed by atoms with E-state index >= 15 is 0 Å². The van der Waals surface area contributed by atoms with Gasteiger partial charge in [0.2, 0.25) is 12.7 Å². The van der Waals surface area contributed by atoms with E-state index in [1.807, 2.05) is 17.0 Å². The number of carbonyl (C=O) groups is 2. The predicted molar refractivity (Wildman–Crippen MR) is 114 cm³/mol. The fourth-order valence-electron chi connectivity index (χ4n) is 6.22. The molecule has 1 aromatic rings. The number of carboxylic acids is 1. The van der Waals surface area contributed by atoms with Crippen molar-refractivity contribution in [1.82, 2.24) is 9.80 Å². The number of aliphatic carboxylic acids is 1. The predicted octanol–water partition coefficient (Wildman–Crippen LogP) is 2.75. The van der Waals surface area contributed by atoms with E-state index in [9.17, 15) is 14.7 Å². The summed E-state index contributed by atoms with van der Waals surface area (Å²) >= 11 is 0. The number of piperazine rings is 1. The second kappa shape index (κ2) is 7.86. The molecule has 1 saturated heterocycles. The number of carbonyl (C=O) groups excluding carboxylic acids is 1. The molecule has 7 nitrogen and oxygen atoms in total. The third kappa shape index (κ3) is 3.49. The van der Waals surface area contributed by atoms with Crippen molar-refractivity contribution in [2.24, 2.45) is 23.7 Å². The Labute approximate surface area is 182 Å². The number of carboxylic acid groups (broad SMARTS) is 1. The van der Waals surface area contributed by atoms with Gasteiger partial charge in [0.1, 0.15) is 0 Å². The van der Waals surface area contributed by atoms with E-state index in [1.54, 1.807) is 0 Å². The Morgan fingerprint density at radius 3 is 2.35 bits per heavy atom. The number of amides is 1. The minimum absolute atomic E-state index is 0.0359. The largest absolute Gasteiger partial charge is 0.481 e. The molecule has 7 heteroatoms. The zero-order valence-electron chi connectivity index (χ0n) is 18.2. The van der Waals surface area contributed by atoms with Gasteiger partial charge >= 0.3 is 5.97 Å². The molecule has 2 saturated carbocycles. The molecule has 4 atom stereocenters. The first-order chi connectivity index (χ1) is 14.9. The zero-order chi connectivity index (χ0) is 21.7. The highest BCUT2D eigenvalue weighted by molar-refractivity contribution is 5.87. The van der Waals surface area contributed by atoms with Gasteiger partial charge in [0.25, 0.3) is 0 Å². The molecule has 0 spiro atoms. The Morgan fingerprint density at radius 1 is 1.00 bits per heavy atom. The van der Waals surface area contributed by atoms with Crippen LogP contribution in [0.4, 0.5) is 0 Å². The van der Waals surface area contributed by atoms with Gasteiger partial charge in [0.05, 0.1) is 11.8 Å². The Hall–Kier alpha value is -2.54. The van der Waals surface area contributed by atoms with Gasteiger partial charge in [-0.05, 0) is 56.2 Å². The summed E-state index contributed by atoms with van der Waals surface area (Å²) in [6.07, 6.45) is 1.84. The van der Waals surface area contributed by atoms with Crippen LogP contribution in [0.2, 0.25) is 0 Å². The molecule has 0 radical (unpaired) electrons. The molecule has 31 heavy (non-hydrogen) atoms. The molecule has 3 fully saturated rings. The van der Waals surface area contributed by atoms with Crippen molar-refractivity contribution in [2.45, 2.75) is 33.2 Å². The van der Waals surface area contributed by atoms with Crippen LogP contribution in [0, 0.1) is 23.7 Å². The van der Waals surface area contributed by atoms with E-state index in [4.69, 9.17) is 9.47 Å². The zero-order valence-corrected chi connectivity index (χ0v) is 18.2. The van der Waals surface area contributed by atoms with Gasteiger partial charge in [0.15, 0.2) is 11.5 Å². The summed E-state index contributed by atoms with van der Waals surface area (Å²) in [5, 5.41) is 9.90. The Bertz CT molecular complexity index is 930. The van der Waals surface area contributed by atoms with Crippen LogP contribution in [-0.4, -0.2) is 59.8 Å². The standard InChI is InChI=1S/C24H30N2O5/c1-14(2)20-16-4-5-17(20)22(24(28)29)21(16)23(27)26-9-7-25(8-10-26)12-15-3-6-18-19(11-15)31-13-30-18/h3,6,11,16-17,21-22H,4-5,7-10,12-13H2,1-2H3,(H,28,29)/t16-,17-,21+,22+/m0/s1. The van der Waals surface area contributed by atoms with Crippen molar-refractivity contribution in [1.29, 1.82) is 0 Å². The average Bonchev–Trinajstić information content (AvgIpc) is 3.46. The second-order valence-electron chi connectivity index (χ2n) is 9.42. The number of hydrogen-bond donors (Lipinski definition) is 1. The van der Waals surface area contributed by atoms with Crippen molar-refractivity contribution >= 4 is 11.9 Å². The SMILES string of the molecule is CC(C)=C1[C@@H]2CC[C@@H]1[C@@H](C(=O)N1CCN(Cc3ccc4c(c3)OCO4)CC1)[C@@H]2C(=O)O. The number of rotatable bonds is 4. The van der Waals surface area contributed by atoms with E-state index < -0.39 is 17.8 Å². The van der Waals surface area contributed by atoms with Crippen molar-refractivity contribution in [3.05, 3.63) is 34.9 Å². The summed E-state index contributed by atoms with van der Waals surface area (Å²) < 4.78 is 10.8. The summed E-state index contributed by atoms with van der Waals surface area (Å²) in [6, 6.07) is 6.02. The lowest BCUT2D eigenvalue weighted by atomic mass is 9.78. The lowest BCUT2D eigenvalue weighted by Gasteiger charge is -2.38. The maximum atomic E-state index is 13.5. The Morgan fingerprint density at radius 2 is 1.68 bits per heavy atom. The van der Waals surface area contributed by atoms with E-state index in [0.29, 0.717) is 13.1 Å². The third-order valence-corrected chi connectivity index (χ3v) is 7.52. The van der Waals surface area contributed by atoms with Crippen molar-refractivity contribution in [3.63, 3.8) is 0 Å². The maximum absolute atomic E-state index is 13.5. The number of ether oxygens (including phenoxy) is 2. The fourth-order valence-corrected chi connectivity index (χ4v) is 6.22. The molecule has 2 aliphatic heterocycles. The Balaban J connectivity index is 1.24. The minimum atomic E-state index is -0.814. The normalized spacial score (nSPS) is 29.5. The van der Waals surface area contributed by atoms with E-state index in [0.717, 1.165) is 49.5 Å². The van der Waals surface area contributed by atoms with Crippen LogP contribution in [0.5, 0.6) is 11.5 Å². The van der Waals surface area contributed by atoms with Crippen LogP contribution in [0.25, 0.3) is 0 Å². The van der Waals surface area contributed by atoms with Gasteiger partial charge in [-0.3, -0.25) is 14.5 Å². The smallest absolute Gasteiger partial charge is 0.307 e. The molecule has 0 aromatic heterocycles. The molecule has 2 aliphatic carbocycles. The summed E-state index contributed by atoms with van der Waals surface area (Å²) in [4.78, 5) is 29.8. The minimum Gasteiger partial charge on any atom is -0.481 e. The number of nitrogens with zero attached hydrogens (tertiary/aromatic N) is 2. The van der Waals surface area contributed by atoms with Crippen LogP contribution in [0.1, 0.15) is 32.3 Å². The summed E-state index contributed by atoms with van der Waals surface area (Å²) in [6.45, 7) is 8.05. The molecule has 0 unspecified atom stereocenters. The molecular formula is C24H30N2O5. The van der Waals surface area contributed by atoms with Gasteiger partial charge in [-0.15, -0.1) is 0 Å². The quantitative estimate of drug-likeness (QED) is 0.746. The van der Waals surface area contributed by atoms with Crippen LogP contribution in [-0.2, 0) is 16.1 Å². The van der Waals surface area contributed by atoms with Crippen LogP contribution in [0.15, 0.2) is 29.3 Å². The molecule has 2 heterocycles. The Kier molecular flexibility index (Phi) is 5.16. The second-order valence-corrected chi connectivity index (χ2v) is 9.42. The molecule has 1 N–H and O–H groups in total. The topological polar surface area (TPSA) is 79.3 Å². The lowest BCUT2D eigenvalue weighted by molar-refractivity contribution is -0.153.